The normalized spacial score (nSPS) is 10.5. The van der Waals surface area contributed by atoms with Gasteiger partial charge in [0.1, 0.15) is 0 Å². The van der Waals surface area contributed by atoms with E-state index in [1.165, 1.54) is 0 Å². The Morgan fingerprint density at radius 2 is 2.00 bits per heavy atom. The molecule has 13 heavy (non-hydrogen) atoms. The summed E-state index contributed by atoms with van der Waals surface area (Å²) in [5, 5.41) is 2.63. The third-order valence-corrected chi connectivity index (χ3v) is 2.56. The molecule has 0 aliphatic carbocycles. The van der Waals surface area contributed by atoms with Gasteiger partial charge in [0.15, 0.2) is 0 Å². The molecule has 1 aromatic rings. The maximum Gasteiger partial charge on any atom is 0.255 e. The van der Waals surface area contributed by atoms with E-state index in [-0.39, 0.29) is 6.54 Å². The largest absolute Gasteiger partial charge is 0.378 e. The standard InChI is InChI=1S/C8H7Br2F2N/c9-5-1-2-6(10)7(3-5)13-4-8(11)12/h1-3,8,13H,4H2. The Labute approximate surface area is 91.8 Å². The Balaban J connectivity index is 2.70. The predicted molar refractivity (Wildman–Crippen MR) is 56.3 cm³/mol. The third kappa shape index (κ3) is 3.60. The number of benzene rings is 1. The monoisotopic (exact) mass is 313 g/mol. The maximum atomic E-state index is 11.9. The van der Waals surface area contributed by atoms with Crippen LogP contribution in [0.5, 0.6) is 0 Å². The second kappa shape index (κ2) is 4.91. The van der Waals surface area contributed by atoms with Crippen LogP contribution >= 0.6 is 31.9 Å². The van der Waals surface area contributed by atoms with Gasteiger partial charge in [-0.2, -0.15) is 0 Å². The summed E-state index contributed by atoms with van der Waals surface area (Å²) in [5.74, 6) is 0. The molecule has 1 N–H and O–H groups in total. The molecule has 0 atom stereocenters. The average Bonchev–Trinajstić information content (AvgIpc) is 2.06. The molecule has 0 fully saturated rings. The number of anilines is 1. The van der Waals surface area contributed by atoms with E-state index in [4.69, 9.17) is 0 Å². The fraction of sp³-hybridized carbons (Fsp3) is 0.250. The number of halogens is 4. The number of rotatable bonds is 3. The lowest BCUT2D eigenvalue weighted by Crippen LogP contribution is -2.10. The summed E-state index contributed by atoms with van der Waals surface area (Å²) in [5.41, 5.74) is 0.662. The van der Waals surface area contributed by atoms with Gasteiger partial charge in [0.05, 0.1) is 6.54 Å². The summed E-state index contributed by atoms with van der Waals surface area (Å²) in [7, 11) is 0. The molecule has 0 bridgehead atoms. The smallest absolute Gasteiger partial charge is 0.255 e. The van der Waals surface area contributed by atoms with Crippen LogP contribution in [0.3, 0.4) is 0 Å². The fourth-order valence-electron chi connectivity index (χ4n) is 0.820. The van der Waals surface area contributed by atoms with Crippen LogP contribution in [0.1, 0.15) is 0 Å². The Hall–Kier alpha value is -0.160. The topological polar surface area (TPSA) is 12.0 Å². The van der Waals surface area contributed by atoms with Gasteiger partial charge in [-0.25, -0.2) is 8.78 Å². The average molecular weight is 315 g/mol. The minimum atomic E-state index is -2.34. The van der Waals surface area contributed by atoms with Crippen LogP contribution in [0.15, 0.2) is 27.1 Å². The highest BCUT2D eigenvalue weighted by Crippen LogP contribution is 2.26. The van der Waals surface area contributed by atoms with Gasteiger partial charge in [-0.05, 0) is 34.1 Å². The highest BCUT2D eigenvalue weighted by molar-refractivity contribution is 9.11. The van der Waals surface area contributed by atoms with Crippen molar-refractivity contribution in [1.29, 1.82) is 0 Å². The molecule has 0 saturated heterocycles. The van der Waals surface area contributed by atoms with Crippen LogP contribution in [0.4, 0.5) is 14.5 Å². The van der Waals surface area contributed by atoms with E-state index >= 15 is 0 Å². The lowest BCUT2D eigenvalue weighted by atomic mass is 10.3. The van der Waals surface area contributed by atoms with Crippen molar-refractivity contribution in [1.82, 2.24) is 0 Å². The molecule has 0 aliphatic heterocycles. The van der Waals surface area contributed by atoms with Gasteiger partial charge in [0.2, 0.25) is 0 Å². The first kappa shape index (κ1) is 10.9. The van der Waals surface area contributed by atoms with Crippen LogP contribution in [-0.4, -0.2) is 13.0 Å². The van der Waals surface area contributed by atoms with E-state index in [1.54, 1.807) is 12.1 Å². The Kier molecular flexibility index (Phi) is 4.12. The van der Waals surface area contributed by atoms with Gasteiger partial charge < -0.3 is 5.32 Å². The van der Waals surface area contributed by atoms with Crippen LogP contribution in [0.25, 0.3) is 0 Å². The second-order valence-electron chi connectivity index (χ2n) is 2.40. The second-order valence-corrected chi connectivity index (χ2v) is 4.17. The molecule has 0 aromatic heterocycles. The highest BCUT2D eigenvalue weighted by atomic mass is 79.9. The van der Waals surface area contributed by atoms with Crippen molar-refractivity contribution in [2.24, 2.45) is 0 Å². The maximum absolute atomic E-state index is 11.9. The SMILES string of the molecule is FC(F)CNc1cc(Br)ccc1Br. The number of hydrogen-bond acceptors (Lipinski definition) is 1. The van der Waals surface area contributed by atoms with Gasteiger partial charge in [0, 0.05) is 14.6 Å². The van der Waals surface area contributed by atoms with E-state index in [0.29, 0.717) is 5.69 Å². The zero-order valence-corrected chi connectivity index (χ0v) is 9.70. The molecular formula is C8H7Br2F2N. The first-order valence-corrected chi connectivity index (χ1v) is 5.15. The van der Waals surface area contributed by atoms with Gasteiger partial charge in [0.25, 0.3) is 6.43 Å². The van der Waals surface area contributed by atoms with Gasteiger partial charge in [-0.3, -0.25) is 0 Å². The molecule has 0 heterocycles. The van der Waals surface area contributed by atoms with Crippen molar-refractivity contribution < 1.29 is 8.78 Å². The van der Waals surface area contributed by atoms with E-state index in [1.807, 2.05) is 6.07 Å². The van der Waals surface area contributed by atoms with E-state index in [2.05, 4.69) is 37.2 Å². The zero-order chi connectivity index (χ0) is 9.84. The first-order valence-electron chi connectivity index (χ1n) is 3.56. The molecule has 72 valence electrons. The van der Waals surface area contributed by atoms with E-state index in [0.717, 1.165) is 8.95 Å². The Morgan fingerprint density at radius 1 is 1.31 bits per heavy atom. The molecule has 0 unspecified atom stereocenters. The Morgan fingerprint density at radius 3 is 2.62 bits per heavy atom. The van der Waals surface area contributed by atoms with Crippen LogP contribution < -0.4 is 5.32 Å². The molecule has 0 radical (unpaired) electrons. The van der Waals surface area contributed by atoms with E-state index < -0.39 is 6.43 Å². The fourth-order valence-corrected chi connectivity index (χ4v) is 1.57. The van der Waals surface area contributed by atoms with Crippen molar-refractivity contribution in [3.63, 3.8) is 0 Å². The highest BCUT2D eigenvalue weighted by Gasteiger charge is 2.04. The van der Waals surface area contributed by atoms with Crippen molar-refractivity contribution in [3.05, 3.63) is 27.1 Å². The third-order valence-electron chi connectivity index (χ3n) is 1.38. The summed E-state index contributed by atoms with van der Waals surface area (Å²) in [4.78, 5) is 0. The summed E-state index contributed by atoms with van der Waals surface area (Å²) < 4.78 is 25.4. The van der Waals surface area contributed by atoms with Gasteiger partial charge >= 0.3 is 0 Å². The number of nitrogens with one attached hydrogen (secondary N) is 1. The minimum absolute atomic E-state index is 0.338. The van der Waals surface area contributed by atoms with Gasteiger partial charge in [-0.1, -0.05) is 15.9 Å². The molecule has 1 rings (SSSR count). The van der Waals surface area contributed by atoms with Crippen LogP contribution in [-0.2, 0) is 0 Å². The Bertz CT molecular complexity index is 291. The first-order chi connectivity index (χ1) is 6.09. The van der Waals surface area contributed by atoms with Gasteiger partial charge in [-0.15, -0.1) is 0 Å². The molecule has 0 saturated carbocycles. The molecule has 0 amide bonds. The van der Waals surface area contributed by atoms with Crippen molar-refractivity contribution in [2.75, 3.05) is 11.9 Å². The molecular weight excluding hydrogens is 308 g/mol. The van der Waals surface area contributed by atoms with Crippen molar-refractivity contribution in [2.45, 2.75) is 6.43 Å². The molecule has 0 spiro atoms. The molecule has 1 aromatic carbocycles. The summed E-state index contributed by atoms with van der Waals surface area (Å²) in [6.45, 7) is -0.338. The number of alkyl halides is 2. The zero-order valence-electron chi connectivity index (χ0n) is 6.53. The minimum Gasteiger partial charge on any atom is -0.378 e. The molecule has 1 nitrogen and oxygen atoms in total. The summed E-state index contributed by atoms with van der Waals surface area (Å²) >= 11 is 6.51. The van der Waals surface area contributed by atoms with Crippen molar-refractivity contribution >= 4 is 37.5 Å². The van der Waals surface area contributed by atoms with Crippen LogP contribution in [0, 0.1) is 0 Å². The lowest BCUT2D eigenvalue weighted by Gasteiger charge is -2.07. The predicted octanol–water partition coefficient (Wildman–Crippen LogP) is 3.89. The lowest BCUT2D eigenvalue weighted by molar-refractivity contribution is 0.163. The van der Waals surface area contributed by atoms with E-state index in [9.17, 15) is 8.78 Å². The molecule has 0 aliphatic rings. The molecule has 5 heteroatoms. The van der Waals surface area contributed by atoms with Crippen LogP contribution in [0.2, 0.25) is 0 Å². The quantitative estimate of drug-likeness (QED) is 0.892. The summed E-state index contributed by atoms with van der Waals surface area (Å²) in [6.07, 6.45) is -2.34. The van der Waals surface area contributed by atoms with Crippen molar-refractivity contribution in [3.8, 4) is 0 Å². The number of hydrogen-bond donors (Lipinski definition) is 1. The summed E-state index contributed by atoms with van der Waals surface area (Å²) in [6, 6.07) is 5.36.